The Bertz CT molecular complexity index is 1500. The van der Waals surface area contributed by atoms with E-state index in [-0.39, 0.29) is 33.5 Å². The van der Waals surface area contributed by atoms with Gasteiger partial charge in [0.2, 0.25) is 0 Å². The van der Waals surface area contributed by atoms with Gasteiger partial charge in [-0.15, -0.1) is 0 Å². The minimum Gasteiger partial charge on any atom is -0.322 e. The van der Waals surface area contributed by atoms with Crippen LogP contribution < -0.4 is 10.9 Å². The van der Waals surface area contributed by atoms with E-state index in [1.165, 1.54) is 36.2 Å². The molecular weight excluding hydrogens is 489 g/mol. The lowest BCUT2D eigenvalue weighted by Gasteiger charge is -2.18. The highest BCUT2D eigenvalue weighted by molar-refractivity contribution is 6.08. The highest BCUT2D eigenvalue weighted by Crippen LogP contribution is 2.28. The molecular formula is C25H19F3N6O3. The standard InChI is InChI=1S/C25H19F3N6O3/c1-33(14-30)22(31)20-7-15(10-29)5-6-19(20)17-3-2-4-18(9-17)32-23(36)21-8-16(12-35)11-34(24(21)37)13-25(26,27)28/h2-9,11-12,14,30-31H,13H2,1H3,(H,32,36). The van der Waals surface area contributed by atoms with Crippen LogP contribution in [-0.4, -0.2) is 47.1 Å². The van der Waals surface area contributed by atoms with E-state index >= 15 is 0 Å². The second-order valence-electron chi connectivity index (χ2n) is 7.85. The number of carbonyl (C=O) groups excluding carboxylic acids is 2. The quantitative estimate of drug-likeness (QED) is 0.252. The molecule has 0 unspecified atom stereocenters. The first-order valence-corrected chi connectivity index (χ1v) is 10.5. The summed E-state index contributed by atoms with van der Waals surface area (Å²) in [6, 6.07) is 13.8. The molecule has 0 saturated carbocycles. The third kappa shape index (κ3) is 6.15. The number of aldehydes is 1. The predicted molar refractivity (Wildman–Crippen MR) is 130 cm³/mol. The van der Waals surface area contributed by atoms with Crippen LogP contribution >= 0.6 is 0 Å². The number of pyridine rings is 1. The number of nitrogens with one attached hydrogen (secondary N) is 3. The molecule has 1 amide bonds. The van der Waals surface area contributed by atoms with Gasteiger partial charge in [0.05, 0.1) is 18.0 Å². The Balaban J connectivity index is 2.01. The van der Waals surface area contributed by atoms with Crippen LogP contribution in [0, 0.1) is 22.1 Å². The van der Waals surface area contributed by atoms with Gasteiger partial charge in [0.15, 0.2) is 6.29 Å². The van der Waals surface area contributed by atoms with E-state index in [1.54, 1.807) is 18.2 Å². The molecule has 12 heteroatoms. The van der Waals surface area contributed by atoms with Crippen molar-refractivity contribution in [2.24, 2.45) is 0 Å². The van der Waals surface area contributed by atoms with Gasteiger partial charge < -0.3 is 14.8 Å². The van der Waals surface area contributed by atoms with Crippen LogP contribution in [0.15, 0.2) is 59.5 Å². The zero-order valence-corrected chi connectivity index (χ0v) is 19.3. The topological polar surface area (TPSA) is 143 Å². The van der Waals surface area contributed by atoms with Crippen molar-refractivity contribution in [2.75, 3.05) is 12.4 Å². The summed E-state index contributed by atoms with van der Waals surface area (Å²) < 4.78 is 38.8. The maximum absolute atomic E-state index is 12.9. The fourth-order valence-corrected chi connectivity index (χ4v) is 3.48. The maximum atomic E-state index is 12.9. The van der Waals surface area contributed by atoms with Crippen molar-refractivity contribution < 1.29 is 22.8 Å². The number of hydrogen-bond donors (Lipinski definition) is 3. The first-order valence-electron chi connectivity index (χ1n) is 10.5. The molecule has 0 atom stereocenters. The SMILES string of the molecule is CN(C=N)C(=N)c1cc(C#N)ccc1-c1cccc(NC(=O)c2cc(C=O)cn(CC(F)(F)F)c2=O)c1. The van der Waals surface area contributed by atoms with Crippen molar-refractivity contribution in [3.05, 3.63) is 87.3 Å². The minimum atomic E-state index is -4.74. The van der Waals surface area contributed by atoms with Gasteiger partial charge in [-0.2, -0.15) is 18.4 Å². The lowest BCUT2D eigenvalue weighted by atomic mass is 9.96. The zero-order valence-electron chi connectivity index (χ0n) is 19.3. The van der Waals surface area contributed by atoms with Crippen molar-refractivity contribution in [2.45, 2.75) is 12.7 Å². The van der Waals surface area contributed by atoms with Crippen LogP contribution in [0.25, 0.3) is 11.1 Å². The summed E-state index contributed by atoms with van der Waals surface area (Å²) in [6.45, 7) is -1.67. The molecule has 0 aliphatic heterocycles. The largest absolute Gasteiger partial charge is 0.406 e. The number of rotatable bonds is 7. The molecule has 0 saturated heterocycles. The number of nitrogens with zero attached hydrogens (tertiary/aromatic N) is 3. The molecule has 0 aliphatic carbocycles. The van der Waals surface area contributed by atoms with Gasteiger partial charge in [-0.25, -0.2) is 0 Å². The number of alkyl halides is 3. The molecule has 3 aromatic rings. The predicted octanol–water partition coefficient (Wildman–Crippen LogP) is 3.88. The lowest BCUT2D eigenvalue weighted by molar-refractivity contribution is -0.141. The fraction of sp³-hybridized carbons (Fsp3) is 0.120. The number of halogens is 3. The van der Waals surface area contributed by atoms with Crippen molar-refractivity contribution in [1.82, 2.24) is 9.47 Å². The Kier molecular flexibility index (Phi) is 7.67. The average molecular weight is 508 g/mol. The van der Waals surface area contributed by atoms with E-state index in [9.17, 15) is 32.8 Å². The number of benzene rings is 2. The fourth-order valence-electron chi connectivity index (χ4n) is 3.48. The second kappa shape index (κ2) is 10.7. The second-order valence-corrected chi connectivity index (χ2v) is 7.85. The third-order valence-electron chi connectivity index (χ3n) is 5.22. The lowest BCUT2D eigenvalue weighted by Crippen LogP contribution is -2.33. The van der Waals surface area contributed by atoms with Crippen molar-refractivity contribution in [3.63, 3.8) is 0 Å². The number of amides is 1. The van der Waals surface area contributed by atoms with Crippen molar-refractivity contribution >= 4 is 30.1 Å². The molecule has 188 valence electrons. The molecule has 0 aliphatic rings. The van der Waals surface area contributed by atoms with Crippen LogP contribution in [0.3, 0.4) is 0 Å². The number of hydrogen-bond acceptors (Lipinski definition) is 6. The highest BCUT2D eigenvalue weighted by atomic mass is 19.4. The Morgan fingerprint density at radius 1 is 1.19 bits per heavy atom. The molecule has 9 nitrogen and oxygen atoms in total. The van der Waals surface area contributed by atoms with Crippen molar-refractivity contribution in [1.29, 1.82) is 16.1 Å². The van der Waals surface area contributed by atoms with Crippen LogP contribution in [0.5, 0.6) is 0 Å². The average Bonchev–Trinajstić information content (AvgIpc) is 2.87. The smallest absolute Gasteiger partial charge is 0.322 e. The molecule has 0 bridgehead atoms. The summed E-state index contributed by atoms with van der Waals surface area (Å²) in [4.78, 5) is 37.8. The molecule has 0 fully saturated rings. The first-order chi connectivity index (χ1) is 17.5. The summed E-state index contributed by atoms with van der Waals surface area (Å²) in [5.74, 6) is -1.08. The minimum absolute atomic E-state index is 0.0626. The maximum Gasteiger partial charge on any atom is 0.406 e. The number of amidine groups is 1. The number of nitriles is 1. The molecule has 1 aromatic heterocycles. The molecule has 2 aromatic carbocycles. The first kappa shape index (κ1) is 26.6. The Hall–Kier alpha value is -5.05. The van der Waals surface area contributed by atoms with Gasteiger partial charge in [0, 0.05) is 30.1 Å². The Morgan fingerprint density at radius 3 is 2.54 bits per heavy atom. The van der Waals surface area contributed by atoms with Gasteiger partial charge in [0.25, 0.3) is 11.5 Å². The molecule has 1 heterocycles. The summed E-state index contributed by atoms with van der Waals surface area (Å²) in [6.07, 6.45) is -2.85. The van der Waals surface area contributed by atoms with Crippen LogP contribution in [0.2, 0.25) is 0 Å². The number of carbonyl (C=O) groups is 2. The Labute approximate surface area is 208 Å². The number of aromatic nitrogens is 1. The van der Waals surface area contributed by atoms with E-state index in [1.807, 2.05) is 6.07 Å². The third-order valence-corrected chi connectivity index (χ3v) is 5.22. The Morgan fingerprint density at radius 2 is 1.92 bits per heavy atom. The van der Waals surface area contributed by atoms with Gasteiger partial charge in [-0.3, -0.25) is 25.2 Å². The van der Waals surface area contributed by atoms with E-state index in [0.29, 0.717) is 16.7 Å². The van der Waals surface area contributed by atoms with Crippen LogP contribution in [0.4, 0.5) is 18.9 Å². The van der Waals surface area contributed by atoms with Crippen LogP contribution in [-0.2, 0) is 6.54 Å². The normalized spacial score (nSPS) is 10.8. The van der Waals surface area contributed by atoms with Crippen molar-refractivity contribution in [3.8, 4) is 17.2 Å². The van der Waals surface area contributed by atoms with Gasteiger partial charge >= 0.3 is 6.18 Å². The van der Waals surface area contributed by atoms with E-state index in [0.717, 1.165) is 18.6 Å². The highest BCUT2D eigenvalue weighted by Gasteiger charge is 2.29. The molecule has 0 spiro atoms. The molecule has 3 rings (SSSR count). The van der Waals surface area contributed by atoms with E-state index in [4.69, 9.17) is 10.8 Å². The zero-order chi connectivity index (χ0) is 27.3. The monoisotopic (exact) mass is 508 g/mol. The summed E-state index contributed by atoms with van der Waals surface area (Å²) in [7, 11) is 1.49. The van der Waals surface area contributed by atoms with Gasteiger partial charge in [-0.05, 0) is 41.5 Å². The molecule has 0 radical (unpaired) electrons. The van der Waals surface area contributed by atoms with Crippen LogP contribution in [0.1, 0.15) is 31.8 Å². The summed E-state index contributed by atoms with van der Waals surface area (Å²) in [5, 5.41) is 27.5. The van der Waals surface area contributed by atoms with Gasteiger partial charge in [0.1, 0.15) is 17.9 Å². The van der Waals surface area contributed by atoms with Gasteiger partial charge in [-0.1, -0.05) is 18.2 Å². The molecule has 37 heavy (non-hydrogen) atoms. The summed E-state index contributed by atoms with van der Waals surface area (Å²) in [5.41, 5.74) is -0.316. The summed E-state index contributed by atoms with van der Waals surface area (Å²) >= 11 is 0. The van der Waals surface area contributed by atoms with E-state index in [2.05, 4.69) is 5.32 Å². The number of anilines is 1. The molecule has 3 N–H and O–H groups in total. The van der Waals surface area contributed by atoms with E-state index < -0.39 is 29.8 Å².